The number of aldehydes is 1. The molecule has 0 spiro atoms. The first-order valence-electron chi connectivity index (χ1n) is 9.19. The standard InChI is InChI=1S/C21H18FN5O2/c1-13-16(9-24-10-17(13)22)15-6-14-8-25-19(26-11-21(12-28)2-3-21)7-18(14)27(5-4-23)20(15)29/h6-10,12H,2-3,5,11H2,1H3,(H,25,26). The maximum Gasteiger partial charge on any atom is 0.259 e. The van der Waals surface area contributed by atoms with E-state index in [2.05, 4.69) is 15.3 Å². The zero-order valence-corrected chi connectivity index (χ0v) is 15.8. The number of fused-ring (bicyclic) bond motifs is 1. The van der Waals surface area contributed by atoms with Crippen LogP contribution in [0.15, 0.2) is 35.5 Å². The summed E-state index contributed by atoms with van der Waals surface area (Å²) in [5.41, 5.74) is 0.767. The summed E-state index contributed by atoms with van der Waals surface area (Å²) in [5, 5.41) is 13.0. The first-order chi connectivity index (χ1) is 14.0. The number of nitrogens with zero attached hydrogens (tertiary/aromatic N) is 4. The highest BCUT2D eigenvalue weighted by Crippen LogP contribution is 2.43. The van der Waals surface area contributed by atoms with Crippen LogP contribution in [0.4, 0.5) is 10.2 Å². The summed E-state index contributed by atoms with van der Waals surface area (Å²) in [6.07, 6.45) is 6.79. The number of carbonyl (C=O) groups is 1. The maximum atomic E-state index is 14.0. The predicted molar refractivity (Wildman–Crippen MR) is 106 cm³/mol. The van der Waals surface area contributed by atoms with Gasteiger partial charge in [-0.25, -0.2) is 9.37 Å². The predicted octanol–water partition coefficient (Wildman–Crippen LogP) is 2.82. The molecule has 0 unspecified atom stereocenters. The summed E-state index contributed by atoms with van der Waals surface area (Å²) < 4.78 is 15.3. The average Bonchev–Trinajstić information content (AvgIpc) is 3.51. The van der Waals surface area contributed by atoms with Gasteiger partial charge in [-0.1, -0.05) is 0 Å². The first kappa shape index (κ1) is 18.7. The van der Waals surface area contributed by atoms with Gasteiger partial charge in [0.2, 0.25) is 0 Å². The zero-order chi connectivity index (χ0) is 20.6. The van der Waals surface area contributed by atoms with Crippen molar-refractivity contribution in [1.82, 2.24) is 14.5 Å². The fraction of sp³-hybridized carbons (Fsp3) is 0.286. The van der Waals surface area contributed by atoms with Gasteiger partial charge in [0.15, 0.2) is 0 Å². The van der Waals surface area contributed by atoms with E-state index in [1.807, 2.05) is 6.07 Å². The van der Waals surface area contributed by atoms with Gasteiger partial charge >= 0.3 is 0 Å². The minimum absolute atomic E-state index is 0.160. The molecule has 0 saturated heterocycles. The van der Waals surface area contributed by atoms with Crippen LogP contribution in [-0.2, 0) is 11.3 Å². The Morgan fingerprint density at radius 1 is 1.31 bits per heavy atom. The molecule has 1 N–H and O–H groups in total. The first-order valence-corrected chi connectivity index (χ1v) is 9.19. The monoisotopic (exact) mass is 391 g/mol. The Kier molecular flexibility index (Phi) is 4.59. The van der Waals surface area contributed by atoms with E-state index >= 15 is 0 Å². The number of hydrogen-bond donors (Lipinski definition) is 1. The third-order valence-corrected chi connectivity index (χ3v) is 5.41. The number of rotatable bonds is 6. The van der Waals surface area contributed by atoms with Crippen molar-refractivity contribution in [2.75, 3.05) is 11.9 Å². The molecule has 0 aromatic carbocycles. The van der Waals surface area contributed by atoms with Crippen LogP contribution in [0.3, 0.4) is 0 Å². The lowest BCUT2D eigenvalue weighted by atomic mass is 10.0. The van der Waals surface area contributed by atoms with Crippen molar-refractivity contribution < 1.29 is 9.18 Å². The van der Waals surface area contributed by atoms with Crippen LogP contribution in [0, 0.1) is 29.5 Å². The lowest BCUT2D eigenvalue weighted by Gasteiger charge is -2.14. The van der Waals surface area contributed by atoms with E-state index in [1.54, 1.807) is 25.3 Å². The second kappa shape index (κ2) is 7.09. The highest BCUT2D eigenvalue weighted by Gasteiger charge is 2.42. The van der Waals surface area contributed by atoms with E-state index < -0.39 is 11.4 Å². The van der Waals surface area contributed by atoms with E-state index in [0.717, 1.165) is 25.3 Å². The van der Waals surface area contributed by atoms with E-state index in [0.29, 0.717) is 34.4 Å². The van der Waals surface area contributed by atoms with Gasteiger partial charge in [0.1, 0.15) is 24.5 Å². The highest BCUT2D eigenvalue weighted by molar-refractivity contribution is 5.85. The fourth-order valence-electron chi connectivity index (χ4n) is 3.32. The zero-order valence-electron chi connectivity index (χ0n) is 15.8. The quantitative estimate of drug-likeness (QED) is 0.649. The second-order valence-electron chi connectivity index (χ2n) is 7.36. The van der Waals surface area contributed by atoms with Gasteiger partial charge in [-0.15, -0.1) is 0 Å². The molecule has 29 heavy (non-hydrogen) atoms. The summed E-state index contributed by atoms with van der Waals surface area (Å²) in [6, 6.07) is 5.33. The number of halogens is 1. The lowest BCUT2D eigenvalue weighted by molar-refractivity contribution is -0.111. The van der Waals surface area contributed by atoms with Crippen LogP contribution in [0.25, 0.3) is 22.0 Å². The van der Waals surface area contributed by atoms with Crippen molar-refractivity contribution in [2.24, 2.45) is 5.41 Å². The SMILES string of the molecule is Cc1c(F)cncc1-c1cc2cnc(NCC3(C=O)CC3)cc2n(CC#N)c1=O. The molecule has 146 valence electrons. The maximum absolute atomic E-state index is 14.0. The third kappa shape index (κ3) is 3.36. The van der Waals surface area contributed by atoms with Crippen molar-refractivity contribution in [2.45, 2.75) is 26.3 Å². The minimum Gasteiger partial charge on any atom is -0.369 e. The summed E-state index contributed by atoms with van der Waals surface area (Å²) in [7, 11) is 0. The summed E-state index contributed by atoms with van der Waals surface area (Å²) in [6.45, 7) is 1.90. The third-order valence-electron chi connectivity index (χ3n) is 5.41. The molecule has 3 aromatic rings. The van der Waals surface area contributed by atoms with Crippen LogP contribution in [0.2, 0.25) is 0 Å². The smallest absolute Gasteiger partial charge is 0.259 e. The normalized spacial score (nSPS) is 14.4. The molecule has 3 heterocycles. The van der Waals surface area contributed by atoms with Crippen LogP contribution < -0.4 is 10.9 Å². The van der Waals surface area contributed by atoms with Gasteiger partial charge in [0.25, 0.3) is 5.56 Å². The Morgan fingerprint density at radius 2 is 2.10 bits per heavy atom. The molecule has 3 aromatic heterocycles. The van der Waals surface area contributed by atoms with E-state index in [4.69, 9.17) is 0 Å². The molecule has 0 atom stereocenters. The van der Waals surface area contributed by atoms with Crippen molar-refractivity contribution in [3.63, 3.8) is 0 Å². The summed E-state index contributed by atoms with van der Waals surface area (Å²) in [5.74, 6) is 0.0174. The molecule has 0 bridgehead atoms. The van der Waals surface area contributed by atoms with Crippen molar-refractivity contribution in [1.29, 1.82) is 5.26 Å². The van der Waals surface area contributed by atoms with Gasteiger partial charge in [0.05, 0.1) is 17.8 Å². The number of carbonyl (C=O) groups excluding carboxylic acids is 1. The summed E-state index contributed by atoms with van der Waals surface area (Å²) in [4.78, 5) is 32.5. The Labute approximate surface area is 165 Å². The largest absolute Gasteiger partial charge is 0.369 e. The molecule has 1 fully saturated rings. The van der Waals surface area contributed by atoms with E-state index in [-0.39, 0.29) is 17.5 Å². The number of aromatic nitrogens is 3. The molecule has 0 radical (unpaired) electrons. The fourth-order valence-corrected chi connectivity index (χ4v) is 3.32. The Balaban J connectivity index is 1.83. The van der Waals surface area contributed by atoms with Gasteiger partial charge in [-0.05, 0) is 31.4 Å². The van der Waals surface area contributed by atoms with Gasteiger partial charge in [-0.3, -0.25) is 14.3 Å². The topological polar surface area (TPSA) is 101 Å². The van der Waals surface area contributed by atoms with Crippen LogP contribution in [-0.4, -0.2) is 27.4 Å². The number of nitrogens with one attached hydrogen (secondary N) is 1. The molecular weight excluding hydrogens is 373 g/mol. The molecule has 4 rings (SSSR count). The molecule has 0 amide bonds. The van der Waals surface area contributed by atoms with Crippen molar-refractivity contribution in [3.05, 3.63) is 52.5 Å². The molecule has 8 heteroatoms. The van der Waals surface area contributed by atoms with Gasteiger partial charge in [0, 0.05) is 46.9 Å². The highest BCUT2D eigenvalue weighted by atomic mass is 19.1. The van der Waals surface area contributed by atoms with Crippen LogP contribution >= 0.6 is 0 Å². The second-order valence-corrected chi connectivity index (χ2v) is 7.36. The number of pyridine rings is 3. The number of hydrogen-bond acceptors (Lipinski definition) is 6. The average molecular weight is 391 g/mol. The van der Waals surface area contributed by atoms with E-state index in [1.165, 1.54) is 10.8 Å². The Bertz CT molecular complexity index is 1220. The number of nitriles is 1. The molecular formula is C21H18FN5O2. The minimum atomic E-state index is -0.504. The van der Waals surface area contributed by atoms with Crippen molar-refractivity contribution in [3.8, 4) is 17.2 Å². The molecule has 1 aliphatic carbocycles. The van der Waals surface area contributed by atoms with Gasteiger partial charge in [-0.2, -0.15) is 5.26 Å². The number of anilines is 1. The molecule has 1 saturated carbocycles. The van der Waals surface area contributed by atoms with Crippen molar-refractivity contribution >= 4 is 23.0 Å². The van der Waals surface area contributed by atoms with Gasteiger partial charge < -0.3 is 10.1 Å². The molecule has 7 nitrogen and oxygen atoms in total. The molecule has 0 aliphatic heterocycles. The van der Waals surface area contributed by atoms with Crippen LogP contribution in [0.1, 0.15) is 18.4 Å². The molecule has 1 aliphatic rings. The van der Waals surface area contributed by atoms with Crippen LogP contribution in [0.5, 0.6) is 0 Å². The lowest BCUT2D eigenvalue weighted by Crippen LogP contribution is -2.23. The van der Waals surface area contributed by atoms with E-state index in [9.17, 15) is 19.2 Å². The summed E-state index contributed by atoms with van der Waals surface area (Å²) >= 11 is 0. The Morgan fingerprint density at radius 3 is 2.79 bits per heavy atom. The Hall–Kier alpha value is -3.60.